The molecular formula is C14H19BrClNO. The van der Waals surface area contributed by atoms with E-state index in [0.717, 1.165) is 48.3 Å². The monoisotopic (exact) mass is 331 g/mol. The topological polar surface area (TPSA) is 32.3 Å². The summed E-state index contributed by atoms with van der Waals surface area (Å²) in [6.07, 6.45) is 4.13. The van der Waals surface area contributed by atoms with Gasteiger partial charge < -0.3 is 10.4 Å². The second kappa shape index (κ2) is 6.90. The molecule has 1 aliphatic carbocycles. The Labute approximate surface area is 122 Å². The molecular weight excluding hydrogens is 314 g/mol. The third-order valence-corrected chi connectivity index (χ3v) is 4.78. The standard InChI is InChI=1S/C14H19BrClNO/c15-13-7-11(3-6-14(13)16)9-17-8-10-1-4-12(18)5-2-10/h3,6-7,10,12,17-18H,1-2,4-5,8-9H2. The summed E-state index contributed by atoms with van der Waals surface area (Å²) in [4.78, 5) is 0. The van der Waals surface area contributed by atoms with E-state index in [0.29, 0.717) is 5.92 Å². The van der Waals surface area contributed by atoms with Crippen molar-refractivity contribution in [2.24, 2.45) is 5.92 Å². The first-order chi connectivity index (χ1) is 8.65. The van der Waals surface area contributed by atoms with Gasteiger partial charge >= 0.3 is 0 Å². The molecule has 0 saturated heterocycles. The summed E-state index contributed by atoms with van der Waals surface area (Å²) in [5, 5.41) is 13.7. The van der Waals surface area contributed by atoms with Gasteiger partial charge in [0.25, 0.3) is 0 Å². The molecule has 1 aromatic rings. The van der Waals surface area contributed by atoms with Crippen LogP contribution in [0.4, 0.5) is 0 Å². The van der Waals surface area contributed by atoms with Gasteiger partial charge in [-0.05, 0) is 71.8 Å². The zero-order chi connectivity index (χ0) is 13.0. The molecule has 4 heteroatoms. The fourth-order valence-corrected chi connectivity index (χ4v) is 2.96. The predicted octanol–water partition coefficient (Wildman–Crippen LogP) is 3.74. The zero-order valence-corrected chi connectivity index (χ0v) is 12.7. The molecule has 18 heavy (non-hydrogen) atoms. The first-order valence-electron chi connectivity index (χ1n) is 6.48. The molecule has 0 unspecified atom stereocenters. The van der Waals surface area contributed by atoms with Crippen molar-refractivity contribution >= 4 is 27.5 Å². The van der Waals surface area contributed by atoms with E-state index in [1.165, 1.54) is 5.56 Å². The van der Waals surface area contributed by atoms with Gasteiger partial charge in [0.05, 0.1) is 11.1 Å². The lowest BCUT2D eigenvalue weighted by atomic mass is 9.87. The second-order valence-corrected chi connectivity index (χ2v) is 6.32. The minimum atomic E-state index is -0.0616. The van der Waals surface area contributed by atoms with Gasteiger partial charge in [-0.3, -0.25) is 0 Å². The van der Waals surface area contributed by atoms with Gasteiger partial charge in [0.2, 0.25) is 0 Å². The highest BCUT2D eigenvalue weighted by Gasteiger charge is 2.18. The lowest BCUT2D eigenvalue weighted by molar-refractivity contribution is 0.108. The Balaban J connectivity index is 1.73. The number of hydrogen-bond acceptors (Lipinski definition) is 2. The highest BCUT2D eigenvalue weighted by molar-refractivity contribution is 9.10. The quantitative estimate of drug-likeness (QED) is 0.880. The summed E-state index contributed by atoms with van der Waals surface area (Å²) < 4.78 is 0.948. The van der Waals surface area contributed by atoms with Crippen molar-refractivity contribution in [3.63, 3.8) is 0 Å². The van der Waals surface area contributed by atoms with E-state index in [9.17, 15) is 5.11 Å². The van der Waals surface area contributed by atoms with Gasteiger partial charge in [0, 0.05) is 11.0 Å². The van der Waals surface area contributed by atoms with Crippen LogP contribution in [0.25, 0.3) is 0 Å². The van der Waals surface area contributed by atoms with Gasteiger partial charge in [0.15, 0.2) is 0 Å². The zero-order valence-electron chi connectivity index (χ0n) is 10.3. The van der Waals surface area contributed by atoms with Crippen LogP contribution < -0.4 is 5.32 Å². The highest BCUT2D eigenvalue weighted by Crippen LogP contribution is 2.24. The molecule has 0 aromatic heterocycles. The molecule has 0 spiro atoms. The summed E-state index contributed by atoms with van der Waals surface area (Å²) in [6, 6.07) is 6.02. The number of hydrogen-bond donors (Lipinski definition) is 2. The molecule has 1 aliphatic rings. The number of aliphatic hydroxyl groups excluding tert-OH is 1. The molecule has 2 nitrogen and oxygen atoms in total. The van der Waals surface area contributed by atoms with Gasteiger partial charge in [-0.25, -0.2) is 0 Å². The highest BCUT2D eigenvalue weighted by atomic mass is 79.9. The Bertz CT molecular complexity index is 391. The first-order valence-corrected chi connectivity index (χ1v) is 7.65. The molecule has 0 bridgehead atoms. The molecule has 1 aromatic carbocycles. The number of rotatable bonds is 4. The van der Waals surface area contributed by atoms with E-state index < -0.39 is 0 Å². The van der Waals surface area contributed by atoms with E-state index in [-0.39, 0.29) is 6.10 Å². The average molecular weight is 333 g/mol. The molecule has 2 N–H and O–H groups in total. The fourth-order valence-electron chi connectivity index (χ4n) is 2.42. The lowest BCUT2D eigenvalue weighted by Gasteiger charge is -2.25. The molecule has 1 saturated carbocycles. The Kier molecular flexibility index (Phi) is 5.49. The Morgan fingerprint density at radius 1 is 1.28 bits per heavy atom. The molecule has 0 atom stereocenters. The van der Waals surface area contributed by atoms with Crippen LogP contribution in [0.2, 0.25) is 5.02 Å². The van der Waals surface area contributed by atoms with Crippen LogP contribution in [0, 0.1) is 5.92 Å². The Morgan fingerprint density at radius 2 is 2.00 bits per heavy atom. The maximum atomic E-state index is 9.45. The van der Waals surface area contributed by atoms with Gasteiger partial charge in [0.1, 0.15) is 0 Å². The third-order valence-electron chi connectivity index (χ3n) is 3.56. The van der Waals surface area contributed by atoms with Crippen molar-refractivity contribution in [2.45, 2.75) is 38.3 Å². The third kappa shape index (κ3) is 4.23. The number of nitrogens with one attached hydrogen (secondary N) is 1. The first kappa shape index (κ1) is 14.3. The van der Waals surface area contributed by atoms with Crippen LogP contribution >= 0.6 is 27.5 Å². The summed E-state index contributed by atoms with van der Waals surface area (Å²) in [5.41, 5.74) is 1.24. The van der Waals surface area contributed by atoms with Crippen LogP contribution in [0.15, 0.2) is 22.7 Å². The maximum Gasteiger partial charge on any atom is 0.0548 e. The molecule has 0 aliphatic heterocycles. The summed E-state index contributed by atoms with van der Waals surface area (Å²) >= 11 is 9.39. The molecule has 0 heterocycles. The normalized spacial score (nSPS) is 24.2. The summed E-state index contributed by atoms with van der Waals surface area (Å²) in [6.45, 7) is 1.90. The maximum absolute atomic E-state index is 9.45. The van der Waals surface area contributed by atoms with Crippen LogP contribution in [-0.2, 0) is 6.54 Å². The Morgan fingerprint density at radius 3 is 2.67 bits per heavy atom. The second-order valence-electron chi connectivity index (χ2n) is 5.05. The van der Waals surface area contributed by atoms with E-state index in [1.54, 1.807) is 0 Å². The predicted molar refractivity (Wildman–Crippen MR) is 78.8 cm³/mol. The van der Waals surface area contributed by atoms with Crippen molar-refractivity contribution in [1.82, 2.24) is 5.32 Å². The van der Waals surface area contributed by atoms with Gasteiger partial charge in [-0.2, -0.15) is 0 Å². The van der Waals surface area contributed by atoms with Crippen LogP contribution in [0.1, 0.15) is 31.2 Å². The van der Waals surface area contributed by atoms with Crippen molar-refractivity contribution in [2.75, 3.05) is 6.54 Å². The molecule has 0 amide bonds. The number of aliphatic hydroxyl groups is 1. The number of halogens is 2. The molecule has 2 rings (SSSR count). The Hall–Kier alpha value is -0.0900. The van der Waals surface area contributed by atoms with Crippen LogP contribution in [0.5, 0.6) is 0 Å². The number of benzene rings is 1. The summed E-state index contributed by atoms with van der Waals surface area (Å²) in [7, 11) is 0. The summed E-state index contributed by atoms with van der Waals surface area (Å²) in [5.74, 6) is 0.712. The van der Waals surface area contributed by atoms with E-state index >= 15 is 0 Å². The smallest absolute Gasteiger partial charge is 0.0548 e. The van der Waals surface area contributed by atoms with Crippen molar-refractivity contribution in [3.8, 4) is 0 Å². The molecule has 0 radical (unpaired) electrons. The largest absolute Gasteiger partial charge is 0.393 e. The minimum absolute atomic E-state index is 0.0616. The van der Waals surface area contributed by atoms with Crippen molar-refractivity contribution in [1.29, 1.82) is 0 Å². The van der Waals surface area contributed by atoms with Crippen molar-refractivity contribution in [3.05, 3.63) is 33.3 Å². The van der Waals surface area contributed by atoms with Crippen molar-refractivity contribution < 1.29 is 5.11 Å². The SMILES string of the molecule is OC1CCC(CNCc2ccc(Cl)c(Br)c2)CC1. The van der Waals surface area contributed by atoms with Crippen LogP contribution in [-0.4, -0.2) is 17.8 Å². The average Bonchev–Trinajstić information content (AvgIpc) is 2.36. The molecule has 1 fully saturated rings. The van der Waals surface area contributed by atoms with E-state index in [2.05, 4.69) is 27.3 Å². The molecule has 100 valence electrons. The van der Waals surface area contributed by atoms with Gasteiger partial charge in [-0.1, -0.05) is 17.7 Å². The fraction of sp³-hybridized carbons (Fsp3) is 0.571. The van der Waals surface area contributed by atoms with Gasteiger partial charge in [-0.15, -0.1) is 0 Å². The van der Waals surface area contributed by atoms with Crippen LogP contribution in [0.3, 0.4) is 0 Å². The minimum Gasteiger partial charge on any atom is -0.393 e. The van der Waals surface area contributed by atoms with E-state index in [4.69, 9.17) is 11.6 Å². The lowest BCUT2D eigenvalue weighted by Crippen LogP contribution is -2.27. The van der Waals surface area contributed by atoms with E-state index in [1.807, 2.05) is 12.1 Å².